The van der Waals surface area contributed by atoms with Crippen molar-refractivity contribution in [1.82, 2.24) is 9.80 Å². The third-order valence-electron chi connectivity index (χ3n) is 5.01. The Kier molecular flexibility index (Phi) is 6.93. The van der Waals surface area contributed by atoms with Gasteiger partial charge in [0.2, 0.25) is 0 Å². The molecule has 0 spiro atoms. The topological polar surface area (TPSA) is 77.9 Å². The number of thioether (sulfide) groups is 1. The van der Waals surface area contributed by atoms with Crippen LogP contribution < -0.4 is 0 Å². The van der Waals surface area contributed by atoms with Crippen LogP contribution in [0.1, 0.15) is 17.5 Å². The highest BCUT2D eigenvalue weighted by molar-refractivity contribution is 7.98. The summed E-state index contributed by atoms with van der Waals surface area (Å²) in [4.78, 5) is 40.7. The highest BCUT2D eigenvalue weighted by Crippen LogP contribution is 2.27. The van der Waals surface area contributed by atoms with E-state index in [1.165, 1.54) is 16.7 Å². The van der Waals surface area contributed by atoms with Crippen molar-refractivity contribution in [3.05, 3.63) is 71.8 Å². The molecular weight excluding hydrogens is 388 g/mol. The number of nitrogens with zero attached hydrogens (tertiary/aromatic N) is 2. The van der Waals surface area contributed by atoms with Crippen molar-refractivity contribution in [3.63, 3.8) is 0 Å². The largest absolute Gasteiger partial charge is 0.480 e. The zero-order chi connectivity index (χ0) is 20.8. The number of hydrogen-bond donors (Lipinski definition) is 1. The van der Waals surface area contributed by atoms with Crippen LogP contribution in [0.2, 0.25) is 0 Å². The molecule has 7 heteroatoms. The lowest BCUT2D eigenvalue weighted by atomic mass is 10.0. The second-order valence-corrected chi connectivity index (χ2v) is 7.93. The Hall–Kier alpha value is -2.80. The fourth-order valence-electron chi connectivity index (χ4n) is 3.53. The summed E-state index contributed by atoms with van der Waals surface area (Å²) >= 11 is 1.49. The second-order valence-electron chi connectivity index (χ2n) is 6.95. The fraction of sp³-hybridized carbons (Fsp3) is 0.318. The third-order valence-corrected chi connectivity index (χ3v) is 5.65. The monoisotopic (exact) mass is 412 g/mol. The maximum atomic E-state index is 13.2. The lowest BCUT2D eigenvalue weighted by Crippen LogP contribution is -2.46. The third kappa shape index (κ3) is 4.79. The van der Waals surface area contributed by atoms with Gasteiger partial charge in [-0.3, -0.25) is 4.79 Å². The summed E-state index contributed by atoms with van der Waals surface area (Å²) in [7, 11) is 0. The number of carboxylic acid groups (broad SMARTS) is 1. The van der Waals surface area contributed by atoms with Crippen LogP contribution >= 0.6 is 11.8 Å². The summed E-state index contributed by atoms with van der Waals surface area (Å²) in [6.45, 7) is 0.258. The van der Waals surface area contributed by atoms with E-state index >= 15 is 0 Å². The lowest BCUT2D eigenvalue weighted by Gasteiger charge is -2.23. The van der Waals surface area contributed by atoms with Gasteiger partial charge in [-0.15, -0.1) is 0 Å². The van der Waals surface area contributed by atoms with Crippen LogP contribution in [0.3, 0.4) is 0 Å². The molecule has 2 atom stereocenters. The van der Waals surface area contributed by atoms with E-state index in [1.807, 2.05) is 66.9 Å². The number of hydrogen-bond acceptors (Lipinski definition) is 4. The van der Waals surface area contributed by atoms with Gasteiger partial charge in [0, 0.05) is 13.0 Å². The number of aliphatic carboxylic acids is 1. The molecule has 0 aliphatic carbocycles. The number of carbonyl (C=O) groups excluding carboxylic acids is 2. The minimum absolute atomic E-state index is 0.227. The molecule has 3 rings (SSSR count). The van der Waals surface area contributed by atoms with Crippen molar-refractivity contribution in [2.24, 2.45) is 0 Å². The van der Waals surface area contributed by atoms with Gasteiger partial charge in [-0.05, 0) is 29.6 Å². The summed E-state index contributed by atoms with van der Waals surface area (Å²) in [6, 6.07) is 16.5. The number of rotatable bonds is 9. The predicted octanol–water partition coefficient (Wildman–Crippen LogP) is 3.27. The van der Waals surface area contributed by atoms with Gasteiger partial charge in [0.25, 0.3) is 5.91 Å². The minimum atomic E-state index is -1.15. The van der Waals surface area contributed by atoms with Gasteiger partial charge in [-0.2, -0.15) is 11.8 Å². The highest BCUT2D eigenvalue weighted by atomic mass is 32.2. The standard InChI is InChI=1S/C22H24N2O4S/c1-29-13-12-18(21(26)27)24-20(25)19(14-16-8-4-2-5-9-16)23(22(24)28)15-17-10-6-3-7-11-17/h2-11,18-19H,12-15H2,1H3,(H,26,27). The Labute approximate surface area is 174 Å². The molecular formula is C22H24N2O4S. The number of benzene rings is 2. The maximum absolute atomic E-state index is 13.2. The second kappa shape index (κ2) is 9.60. The number of carbonyl (C=O) groups is 3. The lowest BCUT2D eigenvalue weighted by molar-refractivity contribution is -0.146. The van der Waals surface area contributed by atoms with E-state index in [0.717, 1.165) is 16.0 Å². The molecule has 1 aliphatic rings. The van der Waals surface area contributed by atoms with Gasteiger partial charge >= 0.3 is 12.0 Å². The normalized spacial score (nSPS) is 17.6. The van der Waals surface area contributed by atoms with Gasteiger partial charge < -0.3 is 10.0 Å². The molecule has 0 aromatic heterocycles. The van der Waals surface area contributed by atoms with Gasteiger partial charge in [0.1, 0.15) is 12.1 Å². The molecule has 2 aromatic carbocycles. The summed E-state index contributed by atoms with van der Waals surface area (Å²) in [5.41, 5.74) is 1.82. The predicted molar refractivity (Wildman–Crippen MR) is 113 cm³/mol. The van der Waals surface area contributed by atoms with E-state index in [9.17, 15) is 19.5 Å². The Morgan fingerprint density at radius 1 is 1.03 bits per heavy atom. The molecule has 6 nitrogen and oxygen atoms in total. The van der Waals surface area contributed by atoms with Crippen LogP contribution in [-0.2, 0) is 22.6 Å². The number of imide groups is 1. The summed E-state index contributed by atoms with van der Waals surface area (Å²) in [6.07, 6.45) is 2.45. The Morgan fingerprint density at radius 2 is 1.62 bits per heavy atom. The van der Waals surface area contributed by atoms with E-state index in [-0.39, 0.29) is 13.0 Å². The van der Waals surface area contributed by atoms with Crippen molar-refractivity contribution >= 4 is 29.7 Å². The van der Waals surface area contributed by atoms with Gasteiger partial charge in [-0.25, -0.2) is 14.5 Å². The summed E-state index contributed by atoms with van der Waals surface area (Å²) < 4.78 is 0. The molecule has 29 heavy (non-hydrogen) atoms. The van der Waals surface area contributed by atoms with Crippen LogP contribution in [0.5, 0.6) is 0 Å². The number of carboxylic acids is 1. The van der Waals surface area contributed by atoms with E-state index in [0.29, 0.717) is 12.2 Å². The first-order valence-corrected chi connectivity index (χ1v) is 10.9. The average Bonchev–Trinajstić information content (AvgIpc) is 2.94. The Bertz CT molecular complexity index is 800. The first-order valence-electron chi connectivity index (χ1n) is 9.46. The first kappa shape index (κ1) is 20.9. The quantitative estimate of drug-likeness (QED) is 0.640. The SMILES string of the molecule is CSCCC(C(=O)O)N1C(=O)C(Cc2ccccc2)N(Cc2ccccc2)C1=O. The van der Waals surface area contributed by atoms with Crippen LogP contribution in [-0.4, -0.2) is 56.9 Å². The van der Waals surface area contributed by atoms with E-state index in [2.05, 4.69) is 0 Å². The van der Waals surface area contributed by atoms with Crippen molar-refractivity contribution in [1.29, 1.82) is 0 Å². The molecule has 0 bridgehead atoms. The molecule has 1 heterocycles. The van der Waals surface area contributed by atoms with Gasteiger partial charge in [-0.1, -0.05) is 60.7 Å². The smallest absolute Gasteiger partial charge is 0.328 e. The van der Waals surface area contributed by atoms with Crippen LogP contribution in [0, 0.1) is 0 Å². The van der Waals surface area contributed by atoms with Crippen LogP contribution in [0.25, 0.3) is 0 Å². The fourth-order valence-corrected chi connectivity index (χ4v) is 3.99. The molecule has 1 N–H and O–H groups in total. The van der Waals surface area contributed by atoms with Gasteiger partial charge in [0.15, 0.2) is 0 Å². The maximum Gasteiger partial charge on any atom is 0.328 e. The molecule has 3 amide bonds. The Balaban J connectivity index is 1.92. The molecule has 2 aromatic rings. The molecule has 152 valence electrons. The molecule has 1 aliphatic heterocycles. The summed E-state index contributed by atoms with van der Waals surface area (Å²) in [5.74, 6) is -1.04. The van der Waals surface area contributed by atoms with Gasteiger partial charge in [0.05, 0.1) is 0 Å². The Morgan fingerprint density at radius 3 is 2.17 bits per heavy atom. The zero-order valence-electron chi connectivity index (χ0n) is 16.2. The van der Waals surface area contributed by atoms with Crippen molar-refractivity contribution < 1.29 is 19.5 Å². The number of amides is 3. The molecule has 1 fully saturated rings. The molecule has 0 radical (unpaired) electrons. The molecule has 1 saturated heterocycles. The van der Waals surface area contributed by atoms with Crippen molar-refractivity contribution in [2.45, 2.75) is 31.5 Å². The molecule has 0 saturated carbocycles. The van der Waals surface area contributed by atoms with Crippen molar-refractivity contribution in [3.8, 4) is 0 Å². The van der Waals surface area contributed by atoms with E-state index in [4.69, 9.17) is 0 Å². The van der Waals surface area contributed by atoms with Crippen LogP contribution in [0.15, 0.2) is 60.7 Å². The molecule has 2 unspecified atom stereocenters. The first-order chi connectivity index (χ1) is 14.0. The summed E-state index contributed by atoms with van der Waals surface area (Å²) in [5, 5.41) is 9.67. The van der Waals surface area contributed by atoms with Crippen LogP contribution in [0.4, 0.5) is 4.79 Å². The van der Waals surface area contributed by atoms with Crippen molar-refractivity contribution in [2.75, 3.05) is 12.0 Å². The minimum Gasteiger partial charge on any atom is -0.480 e. The van der Waals surface area contributed by atoms with E-state index < -0.39 is 30.0 Å². The zero-order valence-corrected chi connectivity index (χ0v) is 17.0. The average molecular weight is 413 g/mol. The van der Waals surface area contributed by atoms with E-state index in [1.54, 1.807) is 0 Å². The number of urea groups is 1. The highest BCUT2D eigenvalue weighted by Gasteiger charge is 2.49.